The first-order chi connectivity index (χ1) is 21.6. The Morgan fingerprint density at radius 1 is 0.364 bits per heavy atom. The molecule has 0 aliphatic heterocycles. The van der Waals surface area contributed by atoms with Gasteiger partial charge in [0.1, 0.15) is 0 Å². The molecule has 0 N–H and O–H groups in total. The molecule has 2 nitrogen and oxygen atoms in total. The summed E-state index contributed by atoms with van der Waals surface area (Å²) in [4.78, 5) is 0. The molecule has 0 aromatic heterocycles. The molecule has 0 fully saturated rings. The molecule has 7 heteroatoms. The van der Waals surface area contributed by atoms with Crippen LogP contribution in [0, 0.1) is 0 Å². The zero-order chi connectivity index (χ0) is 30.2. The van der Waals surface area contributed by atoms with Crippen molar-refractivity contribution in [1.29, 1.82) is 0 Å². The second-order valence-electron chi connectivity index (χ2n) is 10.3. The molecule has 6 aromatic rings. The normalized spacial score (nSPS) is 12.2. The monoisotopic (exact) mass is 762 g/mol. The van der Waals surface area contributed by atoms with Crippen molar-refractivity contribution in [2.75, 3.05) is 0 Å². The minimum atomic E-state index is -3.49. The van der Waals surface area contributed by atoms with Gasteiger partial charge in [-0.05, 0) is 0 Å². The quantitative estimate of drug-likeness (QED) is 0.118. The van der Waals surface area contributed by atoms with Crippen molar-refractivity contribution in [2.24, 2.45) is 0 Å². The van der Waals surface area contributed by atoms with Crippen LogP contribution in [0.1, 0.15) is 0 Å². The van der Waals surface area contributed by atoms with E-state index in [-0.39, 0.29) is 29.0 Å². The summed E-state index contributed by atoms with van der Waals surface area (Å²) in [7, 11) is -6.97. The topological polar surface area (TPSA) is 34.1 Å². The molecule has 0 radical (unpaired) electrons. The average molecular weight is 761 g/mol. The van der Waals surface area contributed by atoms with E-state index in [9.17, 15) is 0 Å². The Morgan fingerprint density at radius 2 is 0.591 bits per heavy atom. The average Bonchev–Trinajstić information content (AvgIpc) is 3.10. The summed E-state index contributed by atoms with van der Waals surface area (Å²) >= 11 is 0.0282. The SMILES string of the molecule is O=P(c1ccccc1)(c1ccccc1)C([PH2]([Se]c1ccccc1)[Se]c1ccccc1)P(=O)(c1ccccc1)c1ccccc1. The second-order valence-corrected chi connectivity index (χ2v) is 35.4. The first-order valence-corrected chi connectivity index (χ1v) is 27.3. The summed E-state index contributed by atoms with van der Waals surface area (Å²) in [5.74, 6) is 0. The van der Waals surface area contributed by atoms with Crippen molar-refractivity contribution in [3.05, 3.63) is 182 Å². The van der Waals surface area contributed by atoms with Crippen LogP contribution < -0.4 is 30.1 Å². The summed E-state index contributed by atoms with van der Waals surface area (Å²) < 4.78 is 35.8. The van der Waals surface area contributed by atoms with Gasteiger partial charge in [-0.25, -0.2) is 0 Å². The maximum absolute atomic E-state index is 16.6. The molecular weight excluding hydrogens is 727 g/mol. The summed E-state index contributed by atoms with van der Waals surface area (Å²) in [6.07, 6.45) is 0. The van der Waals surface area contributed by atoms with E-state index in [1.807, 2.05) is 133 Å². The molecule has 0 bridgehead atoms. The van der Waals surface area contributed by atoms with Crippen molar-refractivity contribution in [2.45, 2.75) is 5.14 Å². The van der Waals surface area contributed by atoms with E-state index in [0.717, 1.165) is 21.2 Å². The van der Waals surface area contributed by atoms with Crippen LogP contribution in [0.25, 0.3) is 0 Å². The maximum atomic E-state index is 16.6. The molecule has 0 unspecified atom stereocenters. The fourth-order valence-electron chi connectivity index (χ4n) is 5.49. The van der Waals surface area contributed by atoms with Crippen LogP contribution in [0.4, 0.5) is 0 Å². The number of hydrogen-bond acceptors (Lipinski definition) is 2. The summed E-state index contributed by atoms with van der Waals surface area (Å²) in [5.41, 5.74) is 0. The van der Waals surface area contributed by atoms with Crippen molar-refractivity contribution in [3.8, 4) is 0 Å². The molecule has 0 spiro atoms. The van der Waals surface area contributed by atoms with Crippen molar-refractivity contribution in [1.82, 2.24) is 0 Å². The Labute approximate surface area is 273 Å². The van der Waals surface area contributed by atoms with E-state index in [4.69, 9.17) is 0 Å². The number of benzene rings is 6. The van der Waals surface area contributed by atoms with E-state index < -0.39 is 24.7 Å². The fraction of sp³-hybridized carbons (Fsp3) is 0.0270. The Kier molecular flexibility index (Phi) is 10.3. The predicted molar refractivity (Wildman–Crippen MR) is 197 cm³/mol. The van der Waals surface area contributed by atoms with E-state index in [1.165, 1.54) is 8.92 Å². The molecule has 6 aromatic carbocycles. The van der Waals surface area contributed by atoms with Crippen LogP contribution >= 0.6 is 19.6 Å². The van der Waals surface area contributed by atoms with Crippen molar-refractivity contribution >= 4 is 78.8 Å². The van der Waals surface area contributed by atoms with E-state index in [1.54, 1.807) is 0 Å². The van der Waals surface area contributed by atoms with Gasteiger partial charge in [-0.3, -0.25) is 0 Å². The van der Waals surface area contributed by atoms with Gasteiger partial charge in [0.2, 0.25) is 0 Å². The molecule has 0 heterocycles. The predicted octanol–water partition coefficient (Wildman–Crippen LogP) is 6.13. The summed E-state index contributed by atoms with van der Waals surface area (Å²) in [5, 5.41) is 0.487. The third-order valence-corrected chi connectivity index (χ3v) is 43.7. The van der Waals surface area contributed by atoms with Gasteiger partial charge >= 0.3 is 275 Å². The van der Waals surface area contributed by atoms with E-state index in [0.29, 0.717) is 0 Å². The molecule has 0 amide bonds. The van der Waals surface area contributed by atoms with Crippen LogP contribution in [0.3, 0.4) is 0 Å². The van der Waals surface area contributed by atoms with Crippen LogP contribution in [0.2, 0.25) is 0 Å². The molecule has 44 heavy (non-hydrogen) atoms. The Morgan fingerprint density at radius 3 is 0.841 bits per heavy atom. The van der Waals surface area contributed by atoms with Gasteiger partial charge in [-0.15, -0.1) is 0 Å². The van der Waals surface area contributed by atoms with Gasteiger partial charge in [0.15, 0.2) is 0 Å². The third-order valence-electron chi connectivity index (χ3n) is 7.54. The van der Waals surface area contributed by atoms with Gasteiger partial charge in [0.05, 0.1) is 0 Å². The zero-order valence-electron chi connectivity index (χ0n) is 24.0. The first-order valence-electron chi connectivity index (χ1n) is 14.5. The Bertz CT molecular complexity index is 1630. The van der Waals surface area contributed by atoms with Crippen LogP contribution in [0.5, 0.6) is 0 Å². The molecular formula is C37H33O2P3Se2. The zero-order valence-corrected chi connectivity index (χ0v) is 30.4. The van der Waals surface area contributed by atoms with Crippen molar-refractivity contribution < 1.29 is 9.13 Å². The minimum absolute atomic E-state index is 0.0141. The molecule has 6 rings (SSSR count). The second kappa shape index (κ2) is 14.6. The molecule has 0 saturated heterocycles. The summed E-state index contributed by atoms with van der Waals surface area (Å²) in [6, 6.07) is 60.9. The molecule has 0 atom stereocenters. The van der Waals surface area contributed by atoms with Gasteiger partial charge in [0, 0.05) is 0 Å². The van der Waals surface area contributed by atoms with Gasteiger partial charge in [-0.1, -0.05) is 0 Å². The van der Waals surface area contributed by atoms with Crippen molar-refractivity contribution in [3.63, 3.8) is 0 Å². The molecule has 220 valence electrons. The van der Waals surface area contributed by atoms with E-state index in [2.05, 4.69) is 48.5 Å². The van der Waals surface area contributed by atoms with Gasteiger partial charge in [-0.2, -0.15) is 0 Å². The van der Waals surface area contributed by atoms with Crippen LogP contribution in [-0.4, -0.2) is 34.2 Å². The van der Waals surface area contributed by atoms with Gasteiger partial charge in [0.25, 0.3) is 0 Å². The van der Waals surface area contributed by atoms with Crippen LogP contribution in [-0.2, 0) is 9.13 Å². The molecule has 0 saturated carbocycles. The summed E-state index contributed by atoms with van der Waals surface area (Å²) in [6.45, 7) is 0. The van der Waals surface area contributed by atoms with Gasteiger partial charge < -0.3 is 0 Å². The fourth-order valence-corrected chi connectivity index (χ4v) is 52.6. The third kappa shape index (κ3) is 6.60. The number of rotatable bonds is 11. The first kappa shape index (κ1) is 31.2. The standard InChI is InChI=1S/C37H33O2P3Se2/c38-41(31-19-7-1-8-20-31,32-21-9-2-10-22-32)37(42(39,33-23-11-3-12-24-33)34-25-13-4-14-26-34)40(43-35-27-15-5-16-28-35)44-36-29-17-6-18-30-36/h1-30,37H,40H2. The molecule has 0 aliphatic rings. The Hall–Kier alpha value is -2.75. The Balaban J connectivity index is 1.71. The molecule has 0 aliphatic carbocycles. The number of hydrogen-bond donors (Lipinski definition) is 0. The van der Waals surface area contributed by atoms with Crippen LogP contribution in [0.15, 0.2) is 182 Å². The van der Waals surface area contributed by atoms with E-state index >= 15 is 9.13 Å².